The highest BCUT2D eigenvalue weighted by atomic mass is 35.5. The van der Waals surface area contributed by atoms with E-state index in [0.29, 0.717) is 34.6 Å². The van der Waals surface area contributed by atoms with Gasteiger partial charge in [0.05, 0.1) is 23.4 Å². The number of rotatable bonds is 6. The monoisotopic (exact) mass is 310 g/mol. The highest BCUT2D eigenvalue weighted by molar-refractivity contribution is 6.17. The molecule has 0 aliphatic rings. The lowest BCUT2D eigenvalue weighted by atomic mass is 10.1. The van der Waals surface area contributed by atoms with E-state index in [0.717, 1.165) is 6.42 Å². The van der Waals surface area contributed by atoms with Gasteiger partial charge in [-0.05, 0) is 31.5 Å². The highest BCUT2D eigenvalue weighted by Gasteiger charge is 2.10. The summed E-state index contributed by atoms with van der Waals surface area (Å²) in [6.45, 7) is 2.60. The summed E-state index contributed by atoms with van der Waals surface area (Å²) in [5.41, 5.74) is 1.30. The molecule has 0 unspecified atom stereocenters. The standard InChI is InChI=1S/C15H16ClFN2O2/c1-2-21-15(20)11-6-10-7-12(17)14(18-5-3-4-16)8-13(10)19-9-11/h6-9,18H,2-5H2,1H3. The minimum atomic E-state index is -0.461. The van der Waals surface area contributed by atoms with E-state index in [1.807, 2.05) is 0 Å². The first kappa shape index (κ1) is 15.5. The number of benzene rings is 1. The largest absolute Gasteiger partial charge is 0.462 e. The Balaban J connectivity index is 2.28. The fourth-order valence-corrected chi connectivity index (χ4v) is 2.03. The van der Waals surface area contributed by atoms with Gasteiger partial charge in [-0.3, -0.25) is 4.98 Å². The van der Waals surface area contributed by atoms with Crippen LogP contribution in [0.15, 0.2) is 24.4 Å². The van der Waals surface area contributed by atoms with Crippen LogP contribution < -0.4 is 5.32 Å². The van der Waals surface area contributed by atoms with Gasteiger partial charge in [-0.15, -0.1) is 11.6 Å². The van der Waals surface area contributed by atoms with Crippen molar-refractivity contribution in [2.45, 2.75) is 13.3 Å². The van der Waals surface area contributed by atoms with Crippen LogP contribution in [0.1, 0.15) is 23.7 Å². The molecular formula is C15H16ClFN2O2. The van der Waals surface area contributed by atoms with E-state index < -0.39 is 5.97 Å². The molecule has 2 aromatic rings. The summed E-state index contributed by atoms with van der Waals surface area (Å²) in [5, 5.41) is 3.53. The van der Waals surface area contributed by atoms with E-state index in [1.165, 1.54) is 12.3 Å². The number of nitrogens with zero attached hydrogens (tertiary/aromatic N) is 1. The summed E-state index contributed by atoms with van der Waals surface area (Å²) in [7, 11) is 0. The molecule has 0 saturated carbocycles. The molecule has 6 heteroatoms. The summed E-state index contributed by atoms with van der Waals surface area (Å²) in [5.74, 6) is -0.333. The number of nitrogens with one attached hydrogen (secondary N) is 1. The smallest absolute Gasteiger partial charge is 0.339 e. The SMILES string of the molecule is CCOC(=O)c1cnc2cc(NCCCCl)c(F)cc2c1. The van der Waals surface area contributed by atoms with Crippen molar-refractivity contribution in [2.75, 3.05) is 24.3 Å². The van der Waals surface area contributed by atoms with E-state index in [-0.39, 0.29) is 12.4 Å². The number of carbonyl (C=O) groups is 1. The Morgan fingerprint density at radius 1 is 1.43 bits per heavy atom. The first-order valence-electron chi connectivity index (χ1n) is 6.72. The molecule has 1 heterocycles. The molecule has 0 saturated heterocycles. The Morgan fingerprint density at radius 3 is 2.95 bits per heavy atom. The van der Waals surface area contributed by atoms with Crippen molar-refractivity contribution >= 4 is 34.2 Å². The fourth-order valence-electron chi connectivity index (χ4n) is 1.90. The Labute approximate surface area is 127 Å². The van der Waals surface area contributed by atoms with Crippen molar-refractivity contribution in [1.82, 2.24) is 4.98 Å². The third-order valence-electron chi connectivity index (χ3n) is 2.91. The Kier molecular flexibility index (Phi) is 5.33. The van der Waals surface area contributed by atoms with Gasteiger partial charge in [-0.25, -0.2) is 9.18 Å². The van der Waals surface area contributed by atoms with Crippen LogP contribution in [-0.2, 0) is 4.74 Å². The predicted molar refractivity (Wildman–Crippen MR) is 81.5 cm³/mol. The molecule has 0 aliphatic carbocycles. The van der Waals surface area contributed by atoms with Crippen LogP contribution in [0.5, 0.6) is 0 Å². The summed E-state index contributed by atoms with van der Waals surface area (Å²) in [6.07, 6.45) is 2.18. The van der Waals surface area contributed by atoms with Crippen LogP contribution in [0.3, 0.4) is 0 Å². The second-order valence-corrected chi connectivity index (χ2v) is 4.82. The molecule has 0 spiro atoms. The first-order chi connectivity index (χ1) is 10.2. The molecule has 21 heavy (non-hydrogen) atoms. The molecule has 0 atom stereocenters. The van der Waals surface area contributed by atoms with Gasteiger partial charge in [-0.2, -0.15) is 0 Å². The molecule has 1 N–H and O–H groups in total. The van der Waals surface area contributed by atoms with Crippen molar-refractivity contribution < 1.29 is 13.9 Å². The molecule has 0 radical (unpaired) electrons. The lowest BCUT2D eigenvalue weighted by Gasteiger charge is -2.09. The summed E-state index contributed by atoms with van der Waals surface area (Å²) < 4.78 is 18.9. The number of fused-ring (bicyclic) bond motifs is 1. The maximum absolute atomic E-state index is 14.0. The Hall–Kier alpha value is -1.88. The van der Waals surface area contributed by atoms with Gasteiger partial charge in [0.15, 0.2) is 0 Å². The summed E-state index contributed by atoms with van der Waals surface area (Å²) >= 11 is 5.59. The average Bonchev–Trinajstić information content (AvgIpc) is 2.47. The maximum Gasteiger partial charge on any atom is 0.339 e. The third kappa shape index (κ3) is 3.82. The van der Waals surface area contributed by atoms with Gasteiger partial charge in [0.25, 0.3) is 0 Å². The number of esters is 1. The number of hydrogen-bond acceptors (Lipinski definition) is 4. The Bertz CT molecular complexity index is 649. The minimum absolute atomic E-state index is 0.286. The van der Waals surface area contributed by atoms with Gasteiger partial charge >= 0.3 is 5.97 Å². The van der Waals surface area contributed by atoms with E-state index in [4.69, 9.17) is 16.3 Å². The number of ether oxygens (including phenoxy) is 1. The van der Waals surface area contributed by atoms with Crippen molar-refractivity contribution in [3.05, 3.63) is 35.8 Å². The van der Waals surface area contributed by atoms with E-state index >= 15 is 0 Å². The minimum Gasteiger partial charge on any atom is -0.462 e. The van der Waals surface area contributed by atoms with Crippen LogP contribution >= 0.6 is 11.6 Å². The molecule has 2 rings (SSSR count). The number of pyridine rings is 1. The van der Waals surface area contributed by atoms with Gasteiger partial charge in [0.2, 0.25) is 0 Å². The normalized spacial score (nSPS) is 10.6. The topological polar surface area (TPSA) is 51.2 Å². The highest BCUT2D eigenvalue weighted by Crippen LogP contribution is 2.22. The zero-order valence-electron chi connectivity index (χ0n) is 11.7. The van der Waals surface area contributed by atoms with Crippen LogP contribution in [-0.4, -0.2) is 30.0 Å². The van der Waals surface area contributed by atoms with Crippen molar-refractivity contribution in [2.24, 2.45) is 0 Å². The second kappa shape index (κ2) is 7.22. The van der Waals surface area contributed by atoms with Crippen LogP contribution in [0.25, 0.3) is 10.9 Å². The second-order valence-electron chi connectivity index (χ2n) is 4.44. The van der Waals surface area contributed by atoms with Crippen LogP contribution in [0.4, 0.5) is 10.1 Å². The lowest BCUT2D eigenvalue weighted by Crippen LogP contribution is -2.06. The molecule has 112 valence electrons. The van der Waals surface area contributed by atoms with E-state index in [2.05, 4.69) is 10.3 Å². The van der Waals surface area contributed by atoms with Gasteiger partial charge in [-0.1, -0.05) is 0 Å². The summed E-state index contributed by atoms with van der Waals surface area (Å²) in [6, 6.07) is 4.55. The van der Waals surface area contributed by atoms with Gasteiger partial charge in [0, 0.05) is 24.0 Å². The van der Waals surface area contributed by atoms with Crippen molar-refractivity contribution in [1.29, 1.82) is 0 Å². The molecule has 1 aromatic heterocycles. The summed E-state index contributed by atoms with van der Waals surface area (Å²) in [4.78, 5) is 15.8. The molecule has 0 bridgehead atoms. The van der Waals surface area contributed by atoms with Gasteiger partial charge in [0.1, 0.15) is 5.82 Å². The number of halogens is 2. The lowest BCUT2D eigenvalue weighted by molar-refractivity contribution is 0.0526. The molecular weight excluding hydrogens is 295 g/mol. The van der Waals surface area contributed by atoms with Crippen LogP contribution in [0.2, 0.25) is 0 Å². The van der Waals surface area contributed by atoms with Crippen molar-refractivity contribution in [3.63, 3.8) is 0 Å². The third-order valence-corrected chi connectivity index (χ3v) is 3.17. The molecule has 4 nitrogen and oxygen atoms in total. The first-order valence-corrected chi connectivity index (χ1v) is 7.25. The zero-order valence-corrected chi connectivity index (χ0v) is 12.4. The van der Waals surface area contributed by atoms with E-state index in [1.54, 1.807) is 19.1 Å². The van der Waals surface area contributed by atoms with Crippen molar-refractivity contribution in [3.8, 4) is 0 Å². The average molecular weight is 311 g/mol. The number of alkyl halides is 1. The fraction of sp³-hybridized carbons (Fsp3) is 0.333. The molecule has 0 aliphatic heterocycles. The number of hydrogen-bond donors (Lipinski definition) is 1. The number of anilines is 1. The molecule has 0 amide bonds. The number of aromatic nitrogens is 1. The maximum atomic E-state index is 14.0. The molecule has 0 fully saturated rings. The van der Waals surface area contributed by atoms with E-state index in [9.17, 15) is 9.18 Å². The van der Waals surface area contributed by atoms with Gasteiger partial charge < -0.3 is 10.1 Å². The quantitative estimate of drug-likeness (QED) is 0.503. The zero-order chi connectivity index (χ0) is 15.2. The predicted octanol–water partition coefficient (Wildman–Crippen LogP) is 3.59. The van der Waals surface area contributed by atoms with Crippen LogP contribution in [0, 0.1) is 5.82 Å². The Morgan fingerprint density at radius 2 is 2.24 bits per heavy atom. The number of carbonyl (C=O) groups excluding carboxylic acids is 1. The molecule has 1 aromatic carbocycles.